The first-order chi connectivity index (χ1) is 11.6. The Morgan fingerprint density at radius 1 is 1.46 bits per heavy atom. The first kappa shape index (κ1) is 17.2. The Balaban J connectivity index is 1.59. The number of nitrogens with zero attached hydrogens (tertiary/aromatic N) is 1. The third kappa shape index (κ3) is 3.71. The van der Waals surface area contributed by atoms with E-state index in [1.54, 1.807) is 16.2 Å². The first-order valence-electron chi connectivity index (χ1n) is 7.92. The molecule has 2 heterocycles. The van der Waals surface area contributed by atoms with E-state index in [4.69, 9.17) is 16.3 Å². The van der Waals surface area contributed by atoms with Crippen molar-refractivity contribution < 1.29 is 14.3 Å². The maximum Gasteiger partial charge on any atom is 0.311 e. The van der Waals surface area contributed by atoms with Crippen molar-refractivity contribution in [2.75, 3.05) is 19.7 Å². The summed E-state index contributed by atoms with van der Waals surface area (Å²) < 4.78 is 6.61. The zero-order valence-corrected chi connectivity index (χ0v) is 15.0. The molecule has 1 aromatic carbocycles. The van der Waals surface area contributed by atoms with Crippen LogP contribution in [0, 0.1) is 0 Å². The Kier molecular flexibility index (Phi) is 5.38. The van der Waals surface area contributed by atoms with Crippen molar-refractivity contribution in [3.05, 3.63) is 34.2 Å². The summed E-state index contributed by atoms with van der Waals surface area (Å²) in [7, 11) is 0. The Morgan fingerprint density at radius 3 is 3.08 bits per heavy atom. The molecule has 0 bridgehead atoms. The summed E-state index contributed by atoms with van der Waals surface area (Å²) in [6, 6.07) is 5.68. The average molecular weight is 367 g/mol. The van der Waals surface area contributed by atoms with Gasteiger partial charge in [0.1, 0.15) is 0 Å². The first-order valence-corrected chi connectivity index (χ1v) is 9.18. The maximum absolute atomic E-state index is 12.2. The number of rotatable bonds is 4. The zero-order valence-electron chi connectivity index (χ0n) is 13.4. The standard InChI is InChI=1S/C17H19ClN2O3S/c1-2-23-13-5-6-20(9-13)17(22)16(21)19-8-11-10-24-15-4-3-12(18)7-14(11)15/h3-4,7,10,13H,2,5-6,8-9H2,1H3,(H,19,21)/t13-/m1/s1. The lowest BCUT2D eigenvalue weighted by atomic mass is 10.2. The van der Waals surface area contributed by atoms with Crippen LogP contribution in [0.1, 0.15) is 18.9 Å². The van der Waals surface area contributed by atoms with Crippen LogP contribution < -0.4 is 5.32 Å². The molecule has 0 saturated carbocycles. The number of nitrogens with one attached hydrogen (secondary N) is 1. The van der Waals surface area contributed by atoms with Crippen LogP contribution in [0.15, 0.2) is 23.6 Å². The highest BCUT2D eigenvalue weighted by molar-refractivity contribution is 7.17. The van der Waals surface area contributed by atoms with Crippen LogP contribution in [0.5, 0.6) is 0 Å². The Hall–Kier alpha value is -1.63. The highest BCUT2D eigenvalue weighted by atomic mass is 35.5. The monoisotopic (exact) mass is 366 g/mol. The van der Waals surface area contributed by atoms with Crippen molar-refractivity contribution in [3.8, 4) is 0 Å². The van der Waals surface area contributed by atoms with E-state index < -0.39 is 11.8 Å². The fraction of sp³-hybridized carbons (Fsp3) is 0.412. The molecule has 1 N–H and O–H groups in total. The van der Waals surface area contributed by atoms with Crippen LogP contribution in [-0.2, 0) is 20.9 Å². The molecule has 0 radical (unpaired) electrons. The fourth-order valence-corrected chi connectivity index (χ4v) is 3.99. The van der Waals surface area contributed by atoms with Gasteiger partial charge < -0.3 is 15.0 Å². The van der Waals surface area contributed by atoms with Gasteiger partial charge in [0.2, 0.25) is 0 Å². The summed E-state index contributed by atoms with van der Waals surface area (Å²) in [6.45, 7) is 3.90. The second kappa shape index (κ2) is 7.51. The number of halogens is 1. The van der Waals surface area contributed by atoms with Gasteiger partial charge in [0.05, 0.1) is 6.10 Å². The highest BCUT2D eigenvalue weighted by Gasteiger charge is 2.30. The highest BCUT2D eigenvalue weighted by Crippen LogP contribution is 2.28. The van der Waals surface area contributed by atoms with Crippen molar-refractivity contribution in [1.82, 2.24) is 10.2 Å². The molecular formula is C17H19ClN2O3S. The van der Waals surface area contributed by atoms with E-state index in [2.05, 4.69) is 5.32 Å². The second-order valence-corrected chi connectivity index (χ2v) is 7.05. The smallest absolute Gasteiger partial charge is 0.311 e. The lowest BCUT2D eigenvalue weighted by Gasteiger charge is -2.16. The van der Waals surface area contributed by atoms with Gasteiger partial charge in [0, 0.05) is 36.0 Å². The Bertz CT molecular complexity index is 761. The summed E-state index contributed by atoms with van der Waals surface area (Å²) in [4.78, 5) is 25.9. The van der Waals surface area contributed by atoms with E-state index >= 15 is 0 Å². The predicted octanol–water partition coefficient (Wildman–Crippen LogP) is 2.81. The summed E-state index contributed by atoms with van der Waals surface area (Å²) in [6.07, 6.45) is 0.815. The Morgan fingerprint density at radius 2 is 2.29 bits per heavy atom. The number of amides is 2. The van der Waals surface area contributed by atoms with Crippen LogP contribution in [0.4, 0.5) is 0 Å². The SMILES string of the molecule is CCO[C@@H]1CCN(C(=O)C(=O)NCc2csc3ccc(Cl)cc23)C1. The van der Waals surface area contributed by atoms with E-state index in [9.17, 15) is 9.59 Å². The average Bonchev–Trinajstić information content (AvgIpc) is 3.19. The van der Waals surface area contributed by atoms with Crippen molar-refractivity contribution in [2.45, 2.75) is 26.0 Å². The number of carbonyl (C=O) groups is 2. The molecule has 0 unspecified atom stereocenters. The van der Waals surface area contributed by atoms with Gasteiger partial charge in [-0.15, -0.1) is 11.3 Å². The number of thiophene rings is 1. The number of hydrogen-bond acceptors (Lipinski definition) is 4. The Labute approximate surface area is 149 Å². The van der Waals surface area contributed by atoms with Crippen molar-refractivity contribution in [2.24, 2.45) is 0 Å². The van der Waals surface area contributed by atoms with Gasteiger partial charge >= 0.3 is 11.8 Å². The van der Waals surface area contributed by atoms with Gasteiger partial charge in [0.25, 0.3) is 0 Å². The minimum Gasteiger partial charge on any atom is -0.377 e. The van der Waals surface area contributed by atoms with Gasteiger partial charge in [-0.25, -0.2) is 0 Å². The third-order valence-corrected chi connectivity index (χ3v) is 5.33. The number of likely N-dealkylation sites (tertiary alicyclic amines) is 1. The van der Waals surface area contributed by atoms with Gasteiger partial charge in [0.15, 0.2) is 0 Å². The largest absolute Gasteiger partial charge is 0.377 e. The van der Waals surface area contributed by atoms with Gasteiger partial charge in [-0.3, -0.25) is 9.59 Å². The third-order valence-electron chi connectivity index (χ3n) is 4.08. The number of ether oxygens (including phenoxy) is 1. The molecular weight excluding hydrogens is 348 g/mol. The van der Waals surface area contributed by atoms with Gasteiger partial charge in [-0.05, 0) is 47.9 Å². The van der Waals surface area contributed by atoms with Crippen LogP contribution in [0.25, 0.3) is 10.1 Å². The van der Waals surface area contributed by atoms with Crippen LogP contribution in [0.2, 0.25) is 5.02 Å². The molecule has 24 heavy (non-hydrogen) atoms. The van der Waals surface area contributed by atoms with Crippen LogP contribution in [-0.4, -0.2) is 42.5 Å². The summed E-state index contributed by atoms with van der Waals surface area (Å²) in [5, 5.41) is 6.36. The normalized spacial score (nSPS) is 17.4. The fourth-order valence-electron chi connectivity index (χ4n) is 2.87. The quantitative estimate of drug-likeness (QED) is 0.846. The molecule has 1 fully saturated rings. The topological polar surface area (TPSA) is 58.6 Å². The van der Waals surface area contributed by atoms with Gasteiger partial charge in [-0.1, -0.05) is 11.6 Å². The molecule has 0 spiro atoms. The number of hydrogen-bond donors (Lipinski definition) is 1. The lowest BCUT2D eigenvalue weighted by molar-refractivity contribution is -0.145. The number of fused-ring (bicyclic) bond motifs is 1. The molecule has 7 heteroatoms. The van der Waals surface area contributed by atoms with E-state index in [-0.39, 0.29) is 6.10 Å². The minimum absolute atomic E-state index is 0.0368. The number of benzene rings is 1. The molecule has 5 nitrogen and oxygen atoms in total. The molecule has 3 rings (SSSR count). The molecule has 2 amide bonds. The van der Waals surface area contributed by atoms with Crippen LogP contribution >= 0.6 is 22.9 Å². The summed E-state index contributed by atoms with van der Waals surface area (Å²) >= 11 is 7.62. The predicted molar refractivity (Wildman–Crippen MR) is 95.3 cm³/mol. The molecule has 128 valence electrons. The zero-order chi connectivity index (χ0) is 17.1. The van der Waals surface area contributed by atoms with E-state index in [0.717, 1.165) is 22.1 Å². The molecule has 1 aliphatic heterocycles. The number of carbonyl (C=O) groups excluding carboxylic acids is 2. The minimum atomic E-state index is -0.575. The summed E-state index contributed by atoms with van der Waals surface area (Å²) in [5.41, 5.74) is 0.965. The van der Waals surface area contributed by atoms with Crippen molar-refractivity contribution >= 4 is 44.8 Å². The van der Waals surface area contributed by atoms with Crippen LogP contribution in [0.3, 0.4) is 0 Å². The van der Waals surface area contributed by atoms with Gasteiger partial charge in [-0.2, -0.15) is 0 Å². The molecule has 1 aromatic heterocycles. The van der Waals surface area contributed by atoms with Crippen molar-refractivity contribution in [1.29, 1.82) is 0 Å². The van der Waals surface area contributed by atoms with E-state index in [1.807, 2.05) is 30.5 Å². The molecule has 1 aliphatic rings. The molecule has 0 aliphatic carbocycles. The van der Waals surface area contributed by atoms with E-state index in [0.29, 0.717) is 31.3 Å². The van der Waals surface area contributed by atoms with Crippen molar-refractivity contribution in [3.63, 3.8) is 0 Å². The molecule has 2 aromatic rings. The summed E-state index contributed by atoms with van der Waals surface area (Å²) in [5.74, 6) is -1.07. The lowest BCUT2D eigenvalue weighted by Crippen LogP contribution is -2.42. The maximum atomic E-state index is 12.2. The second-order valence-electron chi connectivity index (χ2n) is 5.70. The molecule has 1 atom stereocenters. The molecule has 1 saturated heterocycles. The van der Waals surface area contributed by atoms with E-state index in [1.165, 1.54) is 0 Å².